The van der Waals surface area contributed by atoms with E-state index in [1.54, 1.807) is 0 Å². The highest BCUT2D eigenvalue weighted by molar-refractivity contribution is 9.10. The minimum absolute atomic E-state index is 0.208. The molecule has 3 heteroatoms. The van der Waals surface area contributed by atoms with Crippen LogP contribution in [-0.4, -0.2) is 6.41 Å². The predicted molar refractivity (Wildman–Crippen MR) is 98.7 cm³/mol. The summed E-state index contributed by atoms with van der Waals surface area (Å²) in [6.45, 7) is 2.14. The monoisotopic (exact) mass is 371 g/mol. The molecule has 1 amide bonds. The second kappa shape index (κ2) is 6.88. The van der Waals surface area contributed by atoms with Gasteiger partial charge in [-0.3, -0.25) is 4.79 Å². The Morgan fingerprint density at radius 2 is 1.83 bits per heavy atom. The van der Waals surface area contributed by atoms with E-state index in [1.165, 1.54) is 11.1 Å². The summed E-state index contributed by atoms with van der Waals surface area (Å²) in [6, 6.07) is 16.7. The number of carbonyl (C=O) groups excluding carboxylic acids is 1. The van der Waals surface area contributed by atoms with Gasteiger partial charge in [0.05, 0.1) is 5.54 Å². The molecule has 23 heavy (non-hydrogen) atoms. The second-order valence-electron chi connectivity index (χ2n) is 6.21. The van der Waals surface area contributed by atoms with Crippen molar-refractivity contribution in [3.8, 4) is 0 Å². The van der Waals surface area contributed by atoms with Gasteiger partial charge in [0.15, 0.2) is 0 Å². The lowest BCUT2D eigenvalue weighted by molar-refractivity contribution is -0.108. The number of hydrogen-bond acceptors (Lipinski definition) is 1. The van der Waals surface area contributed by atoms with E-state index in [0.29, 0.717) is 0 Å². The number of nitrogens with zero attached hydrogens (tertiary/aromatic N) is 1. The minimum Gasteiger partial charge on any atom is -0.304 e. The fraction of sp³-hybridized carbons (Fsp3) is 0.350. The number of halogens is 1. The van der Waals surface area contributed by atoms with Gasteiger partial charge in [0.2, 0.25) is 6.41 Å². The molecule has 0 atom stereocenters. The lowest BCUT2D eigenvalue weighted by atomic mass is 9.85. The van der Waals surface area contributed by atoms with Gasteiger partial charge in [-0.1, -0.05) is 66.0 Å². The Morgan fingerprint density at radius 1 is 1.13 bits per heavy atom. The third-order valence-corrected chi connectivity index (χ3v) is 5.48. The molecular weight excluding hydrogens is 350 g/mol. The fourth-order valence-electron chi connectivity index (χ4n) is 3.84. The molecule has 2 aromatic rings. The van der Waals surface area contributed by atoms with Crippen molar-refractivity contribution in [1.29, 1.82) is 0 Å². The minimum atomic E-state index is -0.208. The zero-order valence-corrected chi connectivity index (χ0v) is 15.1. The summed E-state index contributed by atoms with van der Waals surface area (Å²) in [5.41, 5.74) is 3.28. The maximum atomic E-state index is 12.1. The van der Waals surface area contributed by atoms with Gasteiger partial charge in [-0.25, -0.2) is 0 Å². The zero-order valence-electron chi connectivity index (χ0n) is 13.5. The first-order valence-corrected chi connectivity index (χ1v) is 9.09. The predicted octanol–water partition coefficient (Wildman–Crippen LogP) is 5.44. The van der Waals surface area contributed by atoms with E-state index in [1.807, 2.05) is 17.0 Å². The third-order valence-electron chi connectivity index (χ3n) is 4.99. The van der Waals surface area contributed by atoms with Crippen LogP contribution in [0.3, 0.4) is 0 Å². The molecule has 1 fully saturated rings. The summed E-state index contributed by atoms with van der Waals surface area (Å²) in [6.07, 6.45) is 6.31. The van der Waals surface area contributed by atoms with Crippen LogP contribution in [0, 0.1) is 0 Å². The molecule has 0 aromatic heterocycles. The maximum Gasteiger partial charge on any atom is 0.214 e. The molecule has 2 aromatic carbocycles. The number of benzene rings is 2. The summed E-state index contributed by atoms with van der Waals surface area (Å²) >= 11 is 3.54. The van der Waals surface area contributed by atoms with Crippen LogP contribution in [0.5, 0.6) is 0 Å². The third kappa shape index (κ3) is 2.94. The van der Waals surface area contributed by atoms with Crippen LogP contribution in [0.4, 0.5) is 5.69 Å². The molecule has 0 aliphatic heterocycles. The summed E-state index contributed by atoms with van der Waals surface area (Å²) in [5.74, 6) is 0. The van der Waals surface area contributed by atoms with E-state index in [4.69, 9.17) is 0 Å². The van der Waals surface area contributed by atoms with Gasteiger partial charge in [0.1, 0.15) is 0 Å². The number of aryl methyl sites for hydroxylation is 1. The number of amides is 1. The average molecular weight is 372 g/mol. The van der Waals surface area contributed by atoms with Crippen molar-refractivity contribution in [3.05, 3.63) is 64.1 Å². The van der Waals surface area contributed by atoms with Crippen molar-refractivity contribution in [2.45, 2.75) is 44.6 Å². The zero-order chi connectivity index (χ0) is 16.3. The van der Waals surface area contributed by atoms with Gasteiger partial charge in [-0.05, 0) is 48.6 Å². The quantitative estimate of drug-likeness (QED) is 0.640. The van der Waals surface area contributed by atoms with E-state index in [2.05, 4.69) is 59.3 Å². The van der Waals surface area contributed by atoms with Crippen molar-refractivity contribution in [3.63, 3.8) is 0 Å². The van der Waals surface area contributed by atoms with E-state index >= 15 is 0 Å². The van der Waals surface area contributed by atoms with Gasteiger partial charge in [-0.15, -0.1) is 0 Å². The topological polar surface area (TPSA) is 20.3 Å². The van der Waals surface area contributed by atoms with Crippen molar-refractivity contribution in [1.82, 2.24) is 0 Å². The molecule has 0 saturated heterocycles. The molecular formula is C20H22BrNO. The van der Waals surface area contributed by atoms with Crippen LogP contribution in [-0.2, 0) is 16.8 Å². The first-order valence-electron chi connectivity index (χ1n) is 8.30. The van der Waals surface area contributed by atoms with Crippen LogP contribution in [0.15, 0.2) is 53.0 Å². The van der Waals surface area contributed by atoms with Gasteiger partial charge < -0.3 is 4.90 Å². The van der Waals surface area contributed by atoms with E-state index in [-0.39, 0.29) is 5.54 Å². The van der Waals surface area contributed by atoms with Crippen LogP contribution in [0.25, 0.3) is 0 Å². The van der Waals surface area contributed by atoms with Crippen molar-refractivity contribution >= 4 is 28.0 Å². The lowest BCUT2D eigenvalue weighted by Gasteiger charge is -2.40. The Balaban J connectivity index is 2.13. The molecule has 0 unspecified atom stereocenters. The Labute approximate surface area is 146 Å². The molecule has 0 N–H and O–H groups in total. The average Bonchev–Trinajstić information content (AvgIpc) is 3.08. The number of anilines is 1. The molecule has 1 aliphatic rings. The summed E-state index contributed by atoms with van der Waals surface area (Å²) in [7, 11) is 0. The van der Waals surface area contributed by atoms with Crippen LogP contribution >= 0.6 is 15.9 Å². The number of carbonyl (C=O) groups is 1. The first kappa shape index (κ1) is 16.3. The smallest absolute Gasteiger partial charge is 0.214 e. The van der Waals surface area contributed by atoms with E-state index in [0.717, 1.165) is 48.7 Å². The molecule has 3 rings (SSSR count). The van der Waals surface area contributed by atoms with Crippen molar-refractivity contribution in [2.75, 3.05) is 4.90 Å². The first-order chi connectivity index (χ1) is 11.2. The van der Waals surface area contributed by atoms with Crippen molar-refractivity contribution < 1.29 is 4.79 Å². The van der Waals surface area contributed by atoms with Crippen LogP contribution in [0.1, 0.15) is 43.7 Å². The molecule has 0 radical (unpaired) electrons. The van der Waals surface area contributed by atoms with Gasteiger partial charge in [-0.2, -0.15) is 0 Å². The van der Waals surface area contributed by atoms with Gasteiger partial charge in [0, 0.05) is 10.2 Å². The molecule has 2 nitrogen and oxygen atoms in total. The van der Waals surface area contributed by atoms with Crippen LogP contribution < -0.4 is 4.90 Å². The Hall–Kier alpha value is -1.61. The number of hydrogen-bond donors (Lipinski definition) is 0. The van der Waals surface area contributed by atoms with E-state index < -0.39 is 0 Å². The highest BCUT2D eigenvalue weighted by Crippen LogP contribution is 2.46. The highest BCUT2D eigenvalue weighted by atomic mass is 79.9. The molecule has 0 heterocycles. The SMILES string of the molecule is CCc1cc(Br)ccc1N(C=O)C1(c2ccccc2)CCCC1. The van der Waals surface area contributed by atoms with Gasteiger partial charge >= 0.3 is 0 Å². The molecule has 1 aliphatic carbocycles. The Kier molecular flexibility index (Phi) is 4.86. The van der Waals surface area contributed by atoms with Crippen LogP contribution in [0.2, 0.25) is 0 Å². The normalized spacial score (nSPS) is 16.3. The van der Waals surface area contributed by atoms with Gasteiger partial charge in [0.25, 0.3) is 0 Å². The second-order valence-corrected chi connectivity index (χ2v) is 7.12. The summed E-state index contributed by atoms with van der Waals surface area (Å²) in [5, 5.41) is 0. The summed E-state index contributed by atoms with van der Waals surface area (Å²) < 4.78 is 1.06. The van der Waals surface area contributed by atoms with Crippen molar-refractivity contribution in [2.24, 2.45) is 0 Å². The maximum absolute atomic E-state index is 12.1. The summed E-state index contributed by atoms with van der Waals surface area (Å²) in [4.78, 5) is 14.1. The Morgan fingerprint density at radius 3 is 2.43 bits per heavy atom. The van der Waals surface area contributed by atoms with E-state index in [9.17, 15) is 4.79 Å². The molecule has 1 saturated carbocycles. The highest BCUT2D eigenvalue weighted by Gasteiger charge is 2.41. The molecule has 0 spiro atoms. The lowest BCUT2D eigenvalue weighted by Crippen LogP contribution is -2.44. The molecule has 120 valence electrons. The standard InChI is InChI=1S/C20H22BrNO/c1-2-16-14-18(21)10-11-19(16)22(15-23)20(12-6-7-13-20)17-8-4-3-5-9-17/h3-5,8-11,14-15H,2,6-7,12-13H2,1H3. The largest absolute Gasteiger partial charge is 0.304 e. The fourth-order valence-corrected chi connectivity index (χ4v) is 4.25. The Bertz CT molecular complexity index is 677. The molecule has 0 bridgehead atoms. The number of rotatable bonds is 5.